The first-order chi connectivity index (χ1) is 9.65. The smallest absolute Gasteiger partial charge is 0.255 e. The first kappa shape index (κ1) is 12.9. The van der Waals surface area contributed by atoms with Crippen molar-refractivity contribution >= 4 is 38.4 Å². The van der Waals surface area contributed by atoms with E-state index >= 15 is 0 Å². The lowest BCUT2D eigenvalue weighted by molar-refractivity contribution is 0.102. The van der Waals surface area contributed by atoms with Crippen LogP contribution in [0.5, 0.6) is 0 Å². The number of rotatable bonds is 2. The van der Waals surface area contributed by atoms with Crippen molar-refractivity contribution in [2.75, 3.05) is 5.32 Å². The van der Waals surface area contributed by atoms with Gasteiger partial charge in [0.2, 0.25) is 0 Å². The van der Waals surface area contributed by atoms with Crippen molar-refractivity contribution in [3.63, 3.8) is 0 Å². The SMILES string of the molecule is Cc1cc(C(=O)Nc2cccc3cn[nH]c23)ccc1Br. The molecule has 0 saturated heterocycles. The second-order valence-corrected chi connectivity index (χ2v) is 5.41. The Labute approximate surface area is 124 Å². The van der Waals surface area contributed by atoms with Gasteiger partial charge in [-0.15, -0.1) is 0 Å². The number of benzene rings is 2. The van der Waals surface area contributed by atoms with Gasteiger partial charge in [0.25, 0.3) is 5.91 Å². The molecule has 0 spiro atoms. The number of carbonyl (C=O) groups is 1. The predicted octanol–water partition coefficient (Wildman–Crippen LogP) is 3.89. The number of aromatic amines is 1. The van der Waals surface area contributed by atoms with E-state index in [1.807, 2.05) is 37.3 Å². The molecular weight excluding hydrogens is 318 g/mol. The van der Waals surface area contributed by atoms with Crippen molar-refractivity contribution in [1.29, 1.82) is 0 Å². The van der Waals surface area contributed by atoms with E-state index in [2.05, 4.69) is 31.4 Å². The van der Waals surface area contributed by atoms with E-state index in [-0.39, 0.29) is 5.91 Å². The zero-order chi connectivity index (χ0) is 14.1. The van der Waals surface area contributed by atoms with E-state index in [1.54, 1.807) is 12.3 Å². The first-order valence-corrected chi connectivity index (χ1v) is 6.94. The van der Waals surface area contributed by atoms with E-state index in [4.69, 9.17) is 0 Å². The highest BCUT2D eigenvalue weighted by Crippen LogP contribution is 2.22. The van der Waals surface area contributed by atoms with Crippen molar-refractivity contribution in [2.45, 2.75) is 6.92 Å². The van der Waals surface area contributed by atoms with Crippen LogP contribution in [0.1, 0.15) is 15.9 Å². The topological polar surface area (TPSA) is 57.8 Å². The minimum Gasteiger partial charge on any atom is -0.320 e. The van der Waals surface area contributed by atoms with Crippen molar-refractivity contribution in [1.82, 2.24) is 10.2 Å². The summed E-state index contributed by atoms with van der Waals surface area (Å²) in [6, 6.07) is 11.2. The van der Waals surface area contributed by atoms with Gasteiger partial charge in [0.1, 0.15) is 0 Å². The monoisotopic (exact) mass is 329 g/mol. The largest absolute Gasteiger partial charge is 0.320 e. The fraction of sp³-hybridized carbons (Fsp3) is 0.0667. The summed E-state index contributed by atoms with van der Waals surface area (Å²) < 4.78 is 0.990. The third-order valence-corrected chi connectivity index (χ3v) is 4.03. The molecule has 2 aromatic carbocycles. The number of nitrogens with one attached hydrogen (secondary N) is 2. The van der Waals surface area contributed by atoms with Crippen LogP contribution in [0.3, 0.4) is 0 Å². The van der Waals surface area contributed by atoms with Gasteiger partial charge in [0.05, 0.1) is 17.4 Å². The molecular formula is C15H12BrN3O. The maximum absolute atomic E-state index is 12.3. The number of hydrogen-bond acceptors (Lipinski definition) is 2. The molecule has 4 nitrogen and oxygen atoms in total. The Kier molecular flexibility index (Phi) is 3.28. The molecule has 0 unspecified atom stereocenters. The third-order valence-electron chi connectivity index (χ3n) is 3.15. The number of amides is 1. The first-order valence-electron chi connectivity index (χ1n) is 6.15. The number of fused-ring (bicyclic) bond motifs is 1. The molecule has 3 rings (SSSR count). The number of carbonyl (C=O) groups excluding carboxylic acids is 1. The average Bonchev–Trinajstić information content (AvgIpc) is 2.91. The summed E-state index contributed by atoms with van der Waals surface area (Å²) in [6.07, 6.45) is 1.73. The number of aryl methyl sites for hydroxylation is 1. The van der Waals surface area contributed by atoms with Gasteiger partial charge in [0.15, 0.2) is 0 Å². The van der Waals surface area contributed by atoms with Crippen LogP contribution in [0, 0.1) is 6.92 Å². The Balaban J connectivity index is 1.92. The van der Waals surface area contributed by atoms with Gasteiger partial charge in [-0.2, -0.15) is 5.10 Å². The second kappa shape index (κ2) is 5.09. The van der Waals surface area contributed by atoms with Crippen LogP contribution in [0.15, 0.2) is 47.1 Å². The summed E-state index contributed by atoms with van der Waals surface area (Å²) in [4.78, 5) is 12.3. The normalized spacial score (nSPS) is 10.7. The minimum absolute atomic E-state index is 0.136. The molecule has 1 aromatic heterocycles. The van der Waals surface area contributed by atoms with Gasteiger partial charge in [-0.25, -0.2) is 0 Å². The summed E-state index contributed by atoms with van der Waals surface area (Å²) >= 11 is 3.43. The summed E-state index contributed by atoms with van der Waals surface area (Å²) in [6.45, 7) is 1.95. The lowest BCUT2D eigenvalue weighted by Gasteiger charge is -2.07. The van der Waals surface area contributed by atoms with Crippen molar-refractivity contribution in [2.24, 2.45) is 0 Å². The van der Waals surface area contributed by atoms with Crippen molar-refractivity contribution < 1.29 is 4.79 Å². The Morgan fingerprint density at radius 1 is 1.30 bits per heavy atom. The van der Waals surface area contributed by atoms with Crippen LogP contribution in [-0.2, 0) is 0 Å². The maximum Gasteiger partial charge on any atom is 0.255 e. The van der Waals surface area contributed by atoms with E-state index in [1.165, 1.54) is 0 Å². The number of para-hydroxylation sites is 1. The molecule has 2 N–H and O–H groups in total. The van der Waals surface area contributed by atoms with Gasteiger partial charge in [-0.05, 0) is 36.8 Å². The highest BCUT2D eigenvalue weighted by atomic mass is 79.9. The number of nitrogens with zero attached hydrogens (tertiary/aromatic N) is 1. The van der Waals surface area contributed by atoms with Crippen LogP contribution in [0.2, 0.25) is 0 Å². The summed E-state index contributed by atoms with van der Waals surface area (Å²) in [7, 11) is 0. The number of aromatic nitrogens is 2. The number of anilines is 1. The molecule has 0 aliphatic heterocycles. The average molecular weight is 330 g/mol. The lowest BCUT2D eigenvalue weighted by Crippen LogP contribution is -2.12. The third kappa shape index (κ3) is 2.32. The van der Waals surface area contributed by atoms with E-state index in [0.29, 0.717) is 5.56 Å². The van der Waals surface area contributed by atoms with Gasteiger partial charge in [0, 0.05) is 15.4 Å². The van der Waals surface area contributed by atoms with Crippen LogP contribution < -0.4 is 5.32 Å². The Bertz CT molecular complexity index is 795. The van der Waals surface area contributed by atoms with Gasteiger partial charge < -0.3 is 5.32 Å². The van der Waals surface area contributed by atoms with Gasteiger partial charge in [-0.3, -0.25) is 9.89 Å². The Hall–Kier alpha value is -2.14. The van der Waals surface area contributed by atoms with Gasteiger partial charge in [-0.1, -0.05) is 28.1 Å². The fourth-order valence-corrected chi connectivity index (χ4v) is 2.30. The molecule has 5 heteroatoms. The summed E-state index contributed by atoms with van der Waals surface area (Å²) in [5.74, 6) is -0.136. The lowest BCUT2D eigenvalue weighted by atomic mass is 10.1. The molecule has 0 saturated carbocycles. The molecule has 0 fully saturated rings. The number of halogens is 1. The molecule has 0 aliphatic carbocycles. The Morgan fingerprint density at radius 2 is 2.15 bits per heavy atom. The summed E-state index contributed by atoms with van der Waals surface area (Å²) in [5.41, 5.74) is 3.21. The fourth-order valence-electron chi connectivity index (χ4n) is 2.05. The maximum atomic E-state index is 12.3. The van der Waals surface area contributed by atoms with E-state index in [0.717, 1.165) is 26.6 Å². The molecule has 1 heterocycles. The molecule has 0 bridgehead atoms. The van der Waals surface area contributed by atoms with E-state index < -0.39 is 0 Å². The molecule has 3 aromatic rings. The zero-order valence-electron chi connectivity index (χ0n) is 10.8. The molecule has 20 heavy (non-hydrogen) atoms. The molecule has 100 valence electrons. The predicted molar refractivity (Wildman–Crippen MR) is 82.9 cm³/mol. The van der Waals surface area contributed by atoms with Crippen LogP contribution in [0.25, 0.3) is 10.9 Å². The van der Waals surface area contributed by atoms with E-state index in [9.17, 15) is 4.79 Å². The quantitative estimate of drug-likeness (QED) is 0.749. The molecule has 1 amide bonds. The zero-order valence-corrected chi connectivity index (χ0v) is 12.4. The molecule has 0 aliphatic rings. The van der Waals surface area contributed by atoms with Crippen LogP contribution >= 0.6 is 15.9 Å². The van der Waals surface area contributed by atoms with Gasteiger partial charge >= 0.3 is 0 Å². The molecule has 0 atom stereocenters. The number of H-pyrrole nitrogens is 1. The van der Waals surface area contributed by atoms with Crippen molar-refractivity contribution in [3.8, 4) is 0 Å². The summed E-state index contributed by atoms with van der Waals surface area (Å²) in [5, 5.41) is 10.8. The van der Waals surface area contributed by atoms with Crippen molar-refractivity contribution in [3.05, 3.63) is 58.2 Å². The van der Waals surface area contributed by atoms with Crippen LogP contribution in [0.4, 0.5) is 5.69 Å². The second-order valence-electron chi connectivity index (χ2n) is 4.56. The number of hydrogen-bond donors (Lipinski definition) is 2. The highest BCUT2D eigenvalue weighted by Gasteiger charge is 2.10. The molecule has 0 radical (unpaired) electrons. The standard InChI is InChI=1S/C15H12BrN3O/c1-9-7-10(5-6-12(9)16)15(20)18-13-4-2-3-11-8-17-19-14(11)13/h2-8H,1H3,(H,17,19)(H,18,20). The highest BCUT2D eigenvalue weighted by molar-refractivity contribution is 9.10. The minimum atomic E-state index is -0.136. The Morgan fingerprint density at radius 3 is 2.95 bits per heavy atom. The van der Waals surface area contributed by atoms with Crippen LogP contribution in [-0.4, -0.2) is 16.1 Å².